The zero-order valence-corrected chi connectivity index (χ0v) is 16.6. The van der Waals surface area contributed by atoms with Crippen LogP contribution >= 0.6 is 11.6 Å². The first-order valence-electron chi connectivity index (χ1n) is 9.12. The van der Waals surface area contributed by atoms with Crippen LogP contribution in [0.5, 0.6) is 0 Å². The summed E-state index contributed by atoms with van der Waals surface area (Å²) in [6.07, 6.45) is 0. The number of urea groups is 1. The highest BCUT2D eigenvalue weighted by Crippen LogP contribution is 2.37. The third-order valence-electron chi connectivity index (χ3n) is 4.87. The monoisotopic (exact) mass is 412 g/mol. The topological polar surface area (TPSA) is 71.3 Å². The molecule has 6 nitrogen and oxygen atoms in total. The largest absolute Gasteiger partial charge is 0.334 e. The van der Waals surface area contributed by atoms with Gasteiger partial charge >= 0.3 is 6.03 Å². The molecule has 1 unspecified atom stereocenters. The fourth-order valence-electron chi connectivity index (χ4n) is 3.39. The lowest BCUT2D eigenvalue weighted by Gasteiger charge is -2.34. The van der Waals surface area contributed by atoms with Crippen LogP contribution in [0.4, 0.5) is 9.18 Å². The van der Waals surface area contributed by atoms with E-state index in [2.05, 4.69) is 15.5 Å². The van der Waals surface area contributed by atoms with E-state index in [1.807, 2.05) is 26.0 Å². The number of halogens is 2. The second-order valence-corrected chi connectivity index (χ2v) is 7.04. The van der Waals surface area contributed by atoms with Crippen molar-refractivity contribution in [1.29, 1.82) is 0 Å². The molecule has 1 aliphatic rings. The number of rotatable bonds is 4. The first kappa shape index (κ1) is 19.1. The standard InChI is InChI=1S/C21H18ClFN4O2/c1-3-27-12(2)17(18(24-21(27)28)13-4-8-15(22)9-5-13)20-25-19(26-29-20)14-6-10-16(23)11-7-14/h4-11,18H,3H2,1-2H3,(H,24,28). The van der Waals surface area contributed by atoms with Gasteiger partial charge in [-0.15, -0.1) is 0 Å². The van der Waals surface area contributed by atoms with E-state index >= 15 is 0 Å². The number of carbonyl (C=O) groups excluding carboxylic acids is 1. The fraction of sp³-hybridized carbons (Fsp3) is 0.190. The van der Waals surface area contributed by atoms with Gasteiger partial charge in [0.05, 0.1) is 11.6 Å². The third-order valence-corrected chi connectivity index (χ3v) is 5.13. The van der Waals surface area contributed by atoms with Crippen molar-refractivity contribution < 1.29 is 13.7 Å². The van der Waals surface area contributed by atoms with E-state index in [0.717, 1.165) is 11.3 Å². The Bertz CT molecular complexity index is 1080. The lowest BCUT2D eigenvalue weighted by Crippen LogP contribution is -2.45. The Hall–Kier alpha value is -3.19. The van der Waals surface area contributed by atoms with Crippen molar-refractivity contribution in [2.75, 3.05) is 6.54 Å². The summed E-state index contributed by atoms with van der Waals surface area (Å²) in [5.41, 5.74) is 2.91. The molecule has 0 fully saturated rings. The number of allylic oxidation sites excluding steroid dienone is 1. The summed E-state index contributed by atoms with van der Waals surface area (Å²) in [4.78, 5) is 18.7. The van der Waals surface area contributed by atoms with Gasteiger partial charge in [-0.05, 0) is 55.8 Å². The smallest absolute Gasteiger partial charge is 0.322 e. The van der Waals surface area contributed by atoms with Gasteiger partial charge in [-0.25, -0.2) is 9.18 Å². The van der Waals surface area contributed by atoms with Crippen molar-refractivity contribution >= 4 is 23.2 Å². The highest BCUT2D eigenvalue weighted by atomic mass is 35.5. The highest BCUT2D eigenvalue weighted by Gasteiger charge is 2.35. The molecule has 0 aliphatic carbocycles. The Morgan fingerprint density at radius 2 is 1.86 bits per heavy atom. The maximum absolute atomic E-state index is 13.2. The summed E-state index contributed by atoms with van der Waals surface area (Å²) in [5, 5.41) is 7.64. The Morgan fingerprint density at radius 1 is 1.17 bits per heavy atom. The first-order chi connectivity index (χ1) is 14.0. The third kappa shape index (κ3) is 3.61. The van der Waals surface area contributed by atoms with Gasteiger partial charge in [0, 0.05) is 22.8 Å². The number of hydrogen-bond acceptors (Lipinski definition) is 4. The van der Waals surface area contributed by atoms with Crippen LogP contribution in [-0.2, 0) is 0 Å². The number of nitrogens with one attached hydrogen (secondary N) is 1. The van der Waals surface area contributed by atoms with Gasteiger partial charge < -0.3 is 9.84 Å². The average Bonchev–Trinajstić information content (AvgIpc) is 3.18. The molecular weight excluding hydrogens is 395 g/mol. The van der Waals surface area contributed by atoms with E-state index in [1.165, 1.54) is 12.1 Å². The summed E-state index contributed by atoms with van der Waals surface area (Å²) in [7, 11) is 0. The Labute approximate surface area is 172 Å². The van der Waals surface area contributed by atoms with Gasteiger partial charge in [0.25, 0.3) is 5.89 Å². The molecule has 4 rings (SSSR count). The highest BCUT2D eigenvalue weighted by molar-refractivity contribution is 6.30. The number of aromatic nitrogens is 2. The number of benzene rings is 2. The van der Waals surface area contributed by atoms with E-state index < -0.39 is 6.04 Å². The van der Waals surface area contributed by atoms with Gasteiger partial charge in [-0.1, -0.05) is 28.9 Å². The summed E-state index contributed by atoms with van der Waals surface area (Å²) in [6.45, 7) is 4.23. The minimum Gasteiger partial charge on any atom is -0.334 e. The number of amides is 2. The van der Waals surface area contributed by atoms with E-state index in [4.69, 9.17) is 16.1 Å². The van der Waals surface area contributed by atoms with Crippen LogP contribution in [0, 0.1) is 5.82 Å². The predicted molar refractivity (Wildman–Crippen MR) is 107 cm³/mol. The Kier molecular flexibility index (Phi) is 5.07. The molecule has 2 heterocycles. The van der Waals surface area contributed by atoms with Gasteiger partial charge in [0.2, 0.25) is 5.82 Å². The van der Waals surface area contributed by atoms with Crippen LogP contribution in [0.15, 0.2) is 58.8 Å². The van der Waals surface area contributed by atoms with Crippen molar-refractivity contribution in [2.45, 2.75) is 19.9 Å². The molecule has 0 saturated heterocycles. The number of hydrogen-bond donors (Lipinski definition) is 1. The van der Waals surface area contributed by atoms with Crippen molar-refractivity contribution in [2.24, 2.45) is 0 Å². The molecule has 8 heteroatoms. The van der Waals surface area contributed by atoms with Gasteiger partial charge in [-0.2, -0.15) is 4.98 Å². The minimum atomic E-state index is -0.468. The van der Waals surface area contributed by atoms with E-state index in [0.29, 0.717) is 34.4 Å². The van der Waals surface area contributed by atoms with Gasteiger partial charge in [-0.3, -0.25) is 4.90 Å². The van der Waals surface area contributed by atoms with E-state index in [-0.39, 0.29) is 11.8 Å². The van der Waals surface area contributed by atoms with Gasteiger partial charge in [0.15, 0.2) is 0 Å². The molecule has 3 aromatic rings. The molecule has 2 aromatic carbocycles. The fourth-order valence-corrected chi connectivity index (χ4v) is 3.52. The summed E-state index contributed by atoms with van der Waals surface area (Å²) >= 11 is 6.01. The molecule has 1 aliphatic heterocycles. The molecule has 1 atom stereocenters. The molecule has 2 amide bonds. The molecule has 0 saturated carbocycles. The molecule has 0 bridgehead atoms. The Balaban J connectivity index is 1.80. The normalized spacial score (nSPS) is 16.9. The zero-order chi connectivity index (χ0) is 20.5. The molecule has 0 radical (unpaired) electrons. The van der Waals surface area contributed by atoms with Crippen LogP contribution in [0.2, 0.25) is 5.02 Å². The van der Waals surface area contributed by atoms with Crippen LogP contribution in [0.1, 0.15) is 31.3 Å². The SMILES string of the molecule is CCN1C(=O)NC(c2ccc(Cl)cc2)C(c2nc(-c3ccc(F)cc3)no2)=C1C. The second kappa shape index (κ2) is 7.67. The first-order valence-corrected chi connectivity index (χ1v) is 9.50. The van der Waals surface area contributed by atoms with E-state index in [1.54, 1.807) is 29.2 Å². The molecular formula is C21H18ClFN4O2. The quantitative estimate of drug-likeness (QED) is 0.651. The molecule has 0 spiro atoms. The summed E-state index contributed by atoms with van der Waals surface area (Å²) in [5.74, 6) is 0.294. The van der Waals surface area contributed by atoms with Crippen molar-refractivity contribution in [3.63, 3.8) is 0 Å². The average molecular weight is 413 g/mol. The number of carbonyl (C=O) groups is 1. The zero-order valence-electron chi connectivity index (χ0n) is 15.8. The Morgan fingerprint density at radius 3 is 2.52 bits per heavy atom. The van der Waals surface area contributed by atoms with Crippen molar-refractivity contribution in [1.82, 2.24) is 20.4 Å². The minimum absolute atomic E-state index is 0.202. The molecule has 148 valence electrons. The number of nitrogens with zero attached hydrogens (tertiary/aromatic N) is 3. The second-order valence-electron chi connectivity index (χ2n) is 6.61. The molecule has 29 heavy (non-hydrogen) atoms. The van der Waals surface area contributed by atoms with Crippen LogP contribution in [-0.4, -0.2) is 27.6 Å². The van der Waals surface area contributed by atoms with Gasteiger partial charge in [0.1, 0.15) is 5.82 Å². The van der Waals surface area contributed by atoms with Crippen molar-refractivity contribution in [3.8, 4) is 11.4 Å². The van der Waals surface area contributed by atoms with Crippen LogP contribution in [0.3, 0.4) is 0 Å². The summed E-state index contributed by atoms with van der Waals surface area (Å²) < 4.78 is 18.8. The predicted octanol–water partition coefficient (Wildman–Crippen LogP) is 5.05. The van der Waals surface area contributed by atoms with Crippen LogP contribution < -0.4 is 5.32 Å². The molecule has 1 aromatic heterocycles. The maximum atomic E-state index is 13.2. The lowest BCUT2D eigenvalue weighted by atomic mass is 9.95. The maximum Gasteiger partial charge on any atom is 0.322 e. The van der Waals surface area contributed by atoms with Crippen LogP contribution in [0.25, 0.3) is 17.0 Å². The molecule has 1 N–H and O–H groups in total. The lowest BCUT2D eigenvalue weighted by molar-refractivity contribution is 0.207. The summed E-state index contributed by atoms with van der Waals surface area (Å²) in [6, 6.07) is 12.4. The van der Waals surface area contributed by atoms with E-state index in [9.17, 15) is 9.18 Å². The van der Waals surface area contributed by atoms with Crippen molar-refractivity contribution in [3.05, 3.63) is 76.5 Å².